The van der Waals surface area contributed by atoms with E-state index >= 15 is 0 Å². The Morgan fingerprint density at radius 3 is 2.89 bits per heavy atom. The predicted octanol–water partition coefficient (Wildman–Crippen LogP) is 3.43. The van der Waals surface area contributed by atoms with Crippen molar-refractivity contribution in [2.24, 2.45) is 0 Å². The summed E-state index contributed by atoms with van der Waals surface area (Å²) in [5.74, 6) is 0.584. The van der Waals surface area contributed by atoms with E-state index in [4.69, 9.17) is 4.74 Å². The van der Waals surface area contributed by atoms with E-state index in [-0.39, 0.29) is 11.9 Å². The Bertz CT molecular complexity index is 390. The quantitative estimate of drug-likeness (QED) is 0.750. The zero-order valence-corrected chi connectivity index (χ0v) is 11.2. The average Bonchev–Trinajstić information content (AvgIpc) is 3.12. The summed E-state index contributed by atoms with van der Waals surface area (Å²) >= 11 is 0. The maximum absolute atomic E-state index is 13.0. The Hall–Kier alpha value is -1.09. The zero-order valence-electron chi connectivity index (χ0n) is 11.2. The highest BCUT2D eigenvalue weighted by atomic mass is 19.1. The van der Waals surface area contributed by atoms with Gasteiger partial charge in [-0.25, -0.2) is 4.39 Å². The minimum Gasteiger partial charge on any atom is -0.490 e. The molecule has 0 bridgehead atoms. The molecule has 1 N–H and O–H groups in total. The third-order valence-electron chi connectivity index (χ3n) is 3.26. The van der Waals surface area contributed by atoms with E-state index in [0.29, 0.717) is 0 Å². The smallest absolute Gasteiger partial charge is 0.123 e. The van der Waals surface area contributed by atoms with Crippen molar-refractivity contribution in [3.63, 3.8) is 0 Å². The van der Waals surface area contributed by atoms with E-state index in [2.05, 4.69) is 12.2 Å². The normalized spacial score (nSPS) is 16.6. The minimum atomic E-state index is -0.207. The van der Waals surface area contributed by atoms with Crippen LogP contribution in [0.15, 0.2) is 18.2 Å². The number of benzene rings is 1. The molecule has 0 amide bonds. The maximum atomic E-state index is 13.0. The fourth-order valence-electron chi connectivity index (χ4n) is 2.00. The van der Waals surface area contributed by atoms with E-state index in [1.165, 1.54) is 25.0 Å². The Morgan fingerprint density at radius 2 is 2.22 bits per heavy atom. The molecule has 0 spiro atoms. The molecule has 3 heteroatoms. The molecule has 18 heavy (non-hydrogen) atoms. The van der Waals surface area contributed by atoms with Crippen LogP contribution in [0.2, 0.25) is 0 Å². The van der Waals surface area contributed by atoms with Crippen LogP contribution in [0.4, 0.5) is 4.39 Å². The lowest BCUT2D eigenvalue weighted by molar-refractivity contribution is 0.206. The molecule has 1 atom stereocenters. The second-order valence-electron chi connectivity index (χ2n) is 5.21. The number of ether oxygens (including phenoxy) is 1. The maximum Gasteiger partial charge on any atom is 0.123 e. The van der Waals surface area contributed by atoms with Crippen molar-refractivity contribution >= 4 is 0 Å². The summed E-state index contributed by atoms with van der Waals surface area (Å²) in [6.45, 7) is 5.01. The molecule has 1 aliphatic rings. The molecule has 1 saturated carbocycles. The third kappa shape index (κ3) is 4.30. The van der Waals surface area contributed by atoms with E-state index in [1.807, 2.05) is 6.92 Å². The second-order valence-corrected chi connectivity index (χ2v) is 5.21. The van der Waals surface area contributed by atoms with Crippen LogP contribution in [0.25, 0.3) is 0 Å². The van der Waals surface area contributed by atoms with Crippen LogP contribution in [0.1, 0.15) is 38.2 Å². The fraction of sp³-hybridized carbons (Fsp3) is 0.600. The van der Waals surface area contributed by atoms with Gasteiger partial charge < -0.3 is 10.1 Å². The lowest BCUT2D eigenvalue weighted by atomic mass is 10.2. The van der Waals surface area contributed by atoms with Gasteiger partial charge in [0.15, 0.2) is 0 Å². The molecule has 2 nitrogen and oxygen atoms in total. The van der Waals surface area contributed by atoms with Crippen LogP contribution in [-0.4, -0.2) is 18.7 Å². The van der Waals surface area contributed by atoms with Crippen LogP contribution >= 0.6 is 0 Å². The monoisotopic (exact) mass is 251 g/mol. The molecule has 1 unspecified atom stereocenters. The zero-order chi connectivity index (χ0) is 13.0. The van der Waals surface area contributed by atoms with Gasteiger partial charge >= 0.3 is 0 Å². The predicted molar refractivity (Wildman–Crippen MR) is 71.5 cm³/mol. The Labute approximate surface area is 109 Å². The first-order valence-corrected chi connectivity index (χ1v) is 6.81. The van der Waals surface area contributed by atoms with Gasteiger partial charge in [0, 0.05) is 6.04 Å². The topological polar surface area (TPSA) is 21.3 Å². The molecular formula is C15H22FNO. The van der Waals surface area contributed by atoms with Crippen molar-refractivity contribution in [2.75, 3.05) is 6.54 Å². The molecule has 1 aromatic rings. The van der Waals surface area contributed by atoms with Crippen LogP contribution < -0.4 is 10.1 Å². The highest BCUT2D eigenvalue weighted by Gasteiger charge is 2.19. The van der Waals surface area contributed by atoms with E-state index < -0.39 is 0 Å². The Morgan fingerprint density at radius 1 is 1.44 bits per heavy atom. The van der Waals surface area contributed by atoms with E-state index in [1.54, 1.807) is 6.07 Å². The Kier molecular flexibility index (Phi) is 4.59. The summed E-state index contributed by atoms with van der Waals surface area (Å²) in [4.78, 5) is 0. The van der Waals surface area contributed by atoms with Gasteiger partial charge in [-0.2, -0.15) is 0 Å². The molecule has 0 radical (unpaired) electrons. The van der Waals surface area contributed by atoms with Gasteiger partial charge in [0.25, 0.3) is 0 Å². The first-order chi connectivity index (χ1) is 8.65. The largest absolute Gasteiger partial charge is 0.490 e. The van der Waals surface area contributed by atoms with Crippen LogP contribution in [0.3, 0.4) is 0 Å². The van der Waals surface area contributed by atoms with Gasteiger partial charge in [0.1, 0.15) is 11.6 Å². The Balaban J connectivity index is 1.70. The van der Waals surface area contributed by atoms with Gasteiger partial charge in [0.2, 0.25) is 0 Å². The summed E-state index contributed by atoms with van der Waals surface area (Å²) in [5.41, 5.74) is 0.859. The van der Waals surface area contributed by atoms with E-state index in [9.17, 15) is 4.39 Å². The summed E-state index contributed by atoms with van der Waals surface area (Å²) in [6.07, 6.45) is 4.99. The molecule has 1 aliphatic carbocycles. The average molecular weight is 251 g/mol. The number of nitrogens with one attached hydrogen (secondary N) is 1. The second kappa shape index (κ2) is 6.19. The lowest BCUT2D eigenvalue weighted by Gasteiger charge is -2.16. The molecule has 0 aromatic heterocycles. The molecule has 1 fully saturated rings. The number of hydrogen-bond donors (Lipinski definition) is 1. The first kappa shape index (κ1) is 13.3. The molecule has 1 aromatic carbocycles. The van der Waals surface area contributed by atoms with Crippen LogP contribution in [0.5, 0.6) is 5.75 Å². The van der Waals surface area contributed by atoms with Gasteiger partial charge in [-0.1, -0.05) is 0 Å². The SMILES string of the molecule is Cc1cc(F)ccc1OC(C)CCCNC1CC1. The van der Waals surface area contributed by atoms with Crippen molar-refractivity contribution in [2.45, 2.75) is 51.7 Å². The van der Waals surface area contributed by atoms with Crippen molar-refractivity contribution in [3.05, 3.63) is 29.6 Å². The molecular weight excluding hydrogens is 229 g/mol. The molecule has 0 aliphatic heterocycles. The number of halogens is 1. The van der Waals surface area contributed by atoms with Gasteiger partial charge in [-0.05, 0) is 69.8 Å². The molecule has 100 valence electrons. The van der Waals surface area contributed by atoms with Crippen molar-refractivity contribution in [3.8, 4) is 5.75 Å². The summed E-state index contributed by atoms with van der Waals surface area (Å²) < 4.78 is 18.8. The number of hydrogen-bond acceptors (Lipinski definition) is 2. The summed E-state index contributed by atoms with van der Waals surface area (Å²) in [7, 11) is 0. The number of rotatable bonds is 7. The first-order valence-electron chi connectivity index (χ1n) is 6.81. The third-order valence-corrected chi connectivity index (χ3v) is 3.26. The highest BCUT2D eigenvalue weighted by Crippen LogP contribution is 2.21. The highest BCUT2D eigenvalue weighted by molar-refractivity contribution is 5.32. The van der Waals surface area contributed by atoms with Crippen LogP contribution in [-0.2, 0) is 0 Å². The van der Waals surface area contributed by atoms with E-state index in [0.717, 1.165) is 36.7 Å². The van der Waals surface area contributed by atoms with Crippen molar-refractivity contribution < 1.29 is 9.13 Å². The minimum absolute atomic E-state index is 0.176. The standard InChI is InChI=1S/C15H22FNO/c1-11-10-13(16)5-8-15(11)18-12(2)4-3-9-17-14-6-7-14/h5,8,10,12,14,17H,3-4,6-7,9H2,1-2H3. The molecule has 0 saturated heterocycles. The lowest BCUT2D eigenvalue weighted by Crippen LogP contribution is -2.20. The van der Waals surface area contributed by atoms with Crippen LogP contribution in [0, 0.1) is 12.7 Å². The van der Waals surface area contributed by atoms with Gasteiger partial charge in [-0.3, -0.25) is 0 Å². The van der Waals surface area contributed by atoms with Gasteiger partial charge in [0.05, 0.1) is 6.10 Å². The van der Waals surface area contributed by atoms with Crippen molar-refractivity contribution in [1.29, 1.82) is 0 Å². The summed E-state index contributed by atoms with van der Waals surface area (Å²) in [5, 5.41) is 3.49. The molecule has 2 rings (SSSR count). The number of aryl methyl sites for hydroxylation is 1. The van der Waals surface area contributed by atoms with Crippen molar-refractivity contribution in [1.82, 2.24) is 5.32 Å². The van der Waals surface area contributed by atoms with Gasteiger partial charge in [-0.15, -0.1) is 0 Å². The summed E-state index contributed by atoms with van der Waals surface area (Å²) in [6, 6.07) is 5.45. The molecule has 0 heterocycles. The fourth-order valence-corrected chi connectivity index (χ4v) is 2.00.